The van der Waals surface area contributed by atoms with Crippen LogP contribution in [-0.4, -0.2) is 73.8 Å². The van der Waals surface area contributed by atoms with Crippen molar-refractivity contribution in [3.8, 4) is 5.69 Å². The van der Waals surface area contributed by atoms with E-state index in [2.05, 4.69) is 25.7 Å². The Morgan fingerprint density at radius 3 is 2.58 bits per heavy atom. The lowest BCUT2D eigenvalue weighted by atomic mass is 10.2. The molecule has 0 aliphatic carbocycles. The summed E-state index contributed by atoms with van der Waals surface area (Å²) < 4.78 is 41.0. The number of benzene rings is 1. The Kier molecular flexibility index (Phi) is 5.09. The van der Waals surface area contributed by atoms with E-state index in [9.17, 15) is 28.2 Å². The van der Waals surface area contributed by atoms with Crippen LogP contribution >= 0.6 is 0 Å². The molecule has 33 heavy (non-hydrogen) atoms. The normalized spacial score (nSPS) is 23.4. The van der Waals surface area contributed by atoms with Crippen molar-refractivity contribution in [1.29, 1.82) is 0 Å². The molecule has 174 valence electrons. The average Bonchev–Trinajstić information content (AvgIpc) is 3.46. The van der Waals surface area contributed by atoms with Gasteiger partial charge in [-0.25, -0.2) is 4.68 Å². The van der Waals surface area contributed by atoms with Crippen LogP contribution in [0, 0.1) is 0 Å². The van der Waals surface area contributed by atoms with E-state index in [0.29, 0.717) is 17.7 Å². The first kappa shape index (κ1) is 21.4. The zero-order chi connectivity index (χ0) is 23.3. The van der Waals surface area contributed by atoms with Gasteiger partial charge in [-0.15, -0.1) is 0 Å². The molecule has 0 bridgehead atoms. The number of anilines is 2. The number of amides is 1. The van der Waals surface area contributed by atoms with Gasteiger partial charge in [0.15, 0.2) is 5.65 Å². The molecule has 0 radical (unpaired) electrons. The minimum absolute atomic E-state index is 0.116. The van der Waals surface area contributed by atoms with Crippen LogP contribution in [0.4, 0.5) is 24.9 Å². The second-order valence-electron chi connectivity index (χ2n) is 8.10. The van der Waals surface area contributed by atoms with Crippen molar-refractivity contribution in [2.75, 3.05) is 29.9 Å². The number of nitrogens with one attached hydrogen (secondary N) is 2. The van der Waals surface area contributed by atoms with Crippen molar-refractivity contribution >= 4 is 28.7 Å². The Labute approximate surface area is 185 Å². The lowest BCUT2D eigenvalue weighted by molar-refractivity contribution is -0.137. The molecular formula is C20H20F3N7O3. The monoisotopic (exact) mass is 463 g/mol. The van der Waals surface area contributed by atoms with E-state index in [0.717, 1.165) is 12.1 Å². The van der Waals surface area contributed by atoms with Gasteiger partial charge < -0.3 is 25.7 Å². The van der Waals surface area contributed by atoms with Crippen LogP contribution in [-0.2, 0) is 11.0 Å². The van der Waals surface area contributed by atoms with Crippen molar-refractivity contribution in [3.05, 3.63) is 36.0 Å². The van der Waals surface area contributed by atoms with Crippen LogP contribution in [0.3, 0.4) is 0 Å². The molecule has 0 saturated carbocycles. The second-order valence-corrected chi connectivity index (χ2v) is 8.10. The highest BCUT2D eigenvalue weighted by atomic mass is 19.4. The van der Waals surface area contributed by atoms with Gasteiger partial charge in [-0.1, -0.05) is 6.07 Å². The molecule has 2 aromatic heterocycles. The molecule has 0 unspecified atom stereocenters. The molecule has 1 amide bonds. The summed E-state index contributed by atoms with van der Waals surface area (Å²) in [5.74, 6) is 0.408. The number of aliphatic hydroxyl groups is 2. The van der Waals surface area contributed by atoms with Gasteiger partial charge >= 0.3 is 6.18 Å². The van der Waals surface area contributed by atoms with Crippen LogP contribution in [0.25, 0.3) is 16.7 Å². The number of alkyl halides is 3. The molecule has 2 saturated heterocycles. The van der Waals surface area contributed by atoms with Crippen LogP contribution in [0.1, 0.15) is 12.0 Å². The van der Waals surface area contributed by atoms with Crippen molar-refractivity contribution in [2.45, 2.75) is 30.8 Å². The summed E-state index contributed by atoms with van der Waals surface area (Å²) in [4.78, 5) is 22.2. The van der Waals surface area contributed by atoms with E-state index >= 15 is 0 Å². The molecule has 2 fully saturated rings. The van der Waals surface area contributed by atoms with Crippen LogP contribution in [0.15, 0.2) is 30.5 Å². The van der Waals surface area contributed by atoms with Gasteiger partial charge in [-0.2, -0.15) is 28.2 Å². The largest absolute Gasteiger partial charge is 0.416 e. The fourth-order valence-corrected chi connectivity index (χ4v) is 4.03. The third-order valence-corrected chi connectivity index (χ3v) is 5.70. The topological polar surface area (TPSA) is 128 Å². The van der Waals surface area contributed by atoms with Crippen molar-refractivity contribution in [2.24, 2.45) is 0 Å². The van der Waals surface area contributed by atoms with Crippen molar-refractivity contribution < 1.29 is 28.2 Å². The van der Waals surface area contributed by atoms with Crippen LogP contribution in [0.2, 0.25) is 0 Å². The Hall–Kier alpha value is -3.45. The Morgan fingerprint density at radius 2 is 1.91 bits per heavy atom. The van der Waals surface area contributed by atoms with Gasteiger partial charge in [-0.3, -0.25) is 4.79 Å². The molecule has 1 aromatic carbocycles. The van der Waals surface area contributed by atoms with Crippen molar-refractivity contribution in [3.63, 3.8) is 0 Å². The standard InChI is InChI=1S/C20H20F3N7O3/c21-20(22,23)10-2-1-3-12(4-10)30-18-13(7-25-30)17(29-8-14(31)15(32)9-29)27-19(28-18)26-11-5-16(33)24-6-11/h1-4,7,11,14-15,31-32H,5-6,8-9H2,(H,24,33)(H,26,27,28)/t11-,14+,15+/m1/s1. The quantitative estimate of drug-likeness (QED) is 0.445. The highest BCUT2D eigenvalue weighted by molar-refractivity contribution is 5.89. The minimum atomic E-state index is -4.52. The number of rotatable bonds is 4. The summed E-state index contributed by atoms with van der Waals surface area (Å²) in [6, 6.07) is 4.46. The number of halogens is 3. The highest BCUT2D eigenvalue weighted by Crippen LogP contribution is 2.33. The van der Waals surface area contributed by atoms with Gasteiger partial charge in [0.25, 0.3) is 0 Å². The maximum atomic E-state index is 13.2. The first-order valence-electron chi connectivity index (χ1n) is 10.3. The number of β-amino-alcohol motifs (C(OH)–C–C–N with tert-alkyl or cyclic N) is 2. The molecule has 4 N–H and O–H groups in total. The van der Waals surface area contributed by atoms with E-state index in [1.54, 1.807) is 4.90 Å². The van der Waals surface area contributed by atoms with Gasteiger partial charge in [-0.05, 0) is 18.2 Å². The van der Waals surface area contributed by atoms with E-state index in [4.69, 9.17) is 0 Å². The maximum absolute atomic E-state index is 13.2. The van der Waals surface area contributed by atoms with E-state index < -0.39 is 23.9 Å². The summed E-state index contributed by atoms with van der Waals surface area (Å²) in [7, 11) is 0. The molecule has 5 rings (SSSR count). The Bertz CT molecular complexity index is 1210. The maximum Gasteiger partial charge on any atom is 0.416 e. The highest BCUT2D eigenvalue weighted by Gasteiger charge is 2.33. The number of aromatic nitrogens is 4. The number of carbonyl (C=O) groups excluding carboxylic acids is 1. The fourth-order valence-electron chi connectivity index (χ4n) is 4.03. The Balaban J connectivity index is 1.61. The van der Waals surface area contributed by atoms with E-state index in [-0.39, 0.29) is 48.7 Å². The summed E-state index contributed by atoms with van der Waals surface area (Å²) >= 11 is 0. The van der Waals surface area contributed by atoms with E-state index in [1.807, 2.05) is 0 Å². The molecule has 3 aromatic rings. The van der Waals surface area contributed by atoms with Gasteiger partial charge in [0.1, 0.15) is 5.82 Å². The molecule has 13 heteroatoms. The smallest absolute Gasteiger partial charge is 0.389 e. The van der Waals surface area contributed by atoms with Crippen molar-refractivity contribution in [1.82, 2.24) is 25.1 Å². The van der Waals surface area contributed by atoms with Crippen LogP contribution in [0.5, 0.6) is 0 Å². The first-order valence-corrected chi connectivity index (χ1v) is 10.3. The molecule has 0 spiro atoms. The summed E-state index contributed by atoms with van der Waals surface area (Å²) in [5, 5.41) is 30.5. The molecule has 3 atom stereocenters. The molecule has 4 heterocycles. The number of carbonyl (C=O) groups is 1. The minimum Gasteiger partial charge on any atom is -0.389 e. The third-order valence-electron chi connectivity index (χ3n) is 5.70. The molecule has 2 aliphatic rings. The lowest BCUT2D eigenvalue weighted by Gasteiger charge is -2.19. The summed E-state index contributed by atoms with van der Waals surface area (Å²) in [5.41, 5.74) is -0.415. The van der Waals surface area contributed by atoms with Crippen LogP contribution < -0.4 is 15.5 Å². The number of aliphatic hydroxyl groups excluding tert-OH is 2. The SMILES string of the molecule is O=C1C[C@@H](Nc2nc(N3C[C@H](O)[C@@H](O)C3)c3cnn(-c4cccc(C(F)(F)F)c4)c3n2)CN1. The number of hydrogen-bond acceptors (Lipinski definition) is 8. The zero-order valence-electron chi connectivity index (χ0n) is 17.1. The molecule has 10 nitrogen and oxygen atoms in total. The molecular weight excluding hydrogens is 443 g/mol. The third kappa shape index (κ3) is 4.04. The van der Waals surface area contributed by atoms with Gasteiger partial charge in [0, 0.05) is 26.1 Å². The van der Waals surface area contributed by atoms with Gasteiger partial charge in [0.2, 0.25) is 11.9 Å². The lowest BCUT2D eigenvalue weighted by Crippen LogP contribution is -2.26. The summed E-state index contributed by atoms with van der Waals surface area (Å²) in [6.45, 7) is 0.611. The second kappa shape index (κ2) is 7.85. The first-order chi connectivity index (χ1) is 15.7. The van der Waals surface area contributed by atoms with Gasteiger partial charge in [0.05, 0.1) is 41.1 Å². The Morgan fingerprint density at radius 1 is 1.15 bits per heavy atom. The van der Waals surface area contributed by atoms with E-state index in [1.165, 1.54) is 23.0 Å². The predicted octanol–water partition coefficient (Wildman–Crippen LogP) is 0.677. The number of fused-ring (bicyclic) bond motifs is 1. The average molecular weight is 463 g/mol. The zero-order valence-corrected chi connectivity index (χ0v) is 17.1. The number of hydrogen-bond donors (Lipinski definition) is 4. The number of nitrogens with zero attached hydrogens (tertiary/aromatic N) is 5. The predicted molar refractivity (Wildman–Crippen MR) is 111 cm³/mol. The summed E-state index contributed by atoms with van der Waals surface area (Å²) in [6.07, 6.45) is -4.80. The fraction of sp³-hybridized carbons (Fsp3) is 0.400. The molecule has 2 aliphatic heterocycles.